The zero-order valence-electron chi connectivity index (χ0n) is 21.6. The molecule has 1 unspecified atom stereocenters. The summed E-state index contributed by atoms with van der Waals surface area (Å²) in [7, 11) is 0. The summed E-state index contributed by atoms with van der Waals surface area (Å²) in [6, 6.07) is 0. The van der Waals surface area contributed by atoms with E-state index in [-0.39, 0.29) is 42.9 Å². The largest absolute Gasteiger partial charge is 0.446 e. The van der Waals surface area contributed by atoms with E-state index in [9.17, 15) is 19.2 Å². The number of hydrogen-bond acceptors (Lipinski definition) is 8. The highest BCUT2D eigenvalue weighted by Crippen LogP contribution is 2.15. The smallest absolute Gasteiger partial charge is 0.407 e. The average Bonchev–Trinajstić information content (AvgIpc) is 3.18. The first kappa shape index (κ1) is 30.5. The zero-order valence-corrected chi connectivity index (χ0v) is 21.6. The SMILES string of the molecule is O=C(CCN1C(=O)C=CC1=O)NCCCOCCOCCOCCCNC(=O)OC1CC/C=C\CCC1. The first-order valence-electron chi connectivity index (χ1n) is 13.2. The normalized spacial score (nSPS) is 18.4. The number of ether oxygens (including phenoxy) is 4. The standard InChI is InChI=1S/C26H41N3O8/c30-23(12-15-29-24(31)10-11-25(29)32)27-13-6-16-34-18-20-36-21-19-35-17-7-14-28-26(33)37-22-8-4-2-1-3-5-9-22/h1-2,10-11,22H,3-9,12-21H2,(H,27,30)(H,28,33)/b2-1-. The Balaban J connectivity index is 1.28. The molecular weight excluding hydrogens is 482 g/mol. The molecule has 0 aromatic carbocycles. The molecule has 0 radical (unpaired) electrons. The summed E-state index contributed by atoms with van der Waals surface area (Å²) in [5, 5.41) is 5.51. The summed E-state index contributed by atoms with van der Waals surface area (Å²) < 4.78 is 21.9. The quantitative estimate of drug-likeness (QED) is 0.158. The third-order valence-electron chi connectivity index (χ3n) is 5.72. The van der Waals surface area contributed by atoms with Gasteiger partial charge in [0.15, 0.2) is 0 Å². The van der Waals surface area contributed by atoms with Gasteiger partial charge in [-0.25, -0.2) is 4.79 Å². The predicted molar refractivity (Wildman–Crippen MR) is 136 cm³/mol. The fraction of sp³-hybridized carbons (Fsp3) is 0.692. The number of hydrogen-bond donors (Lipinski definition) is 2. The highest BCUT2D eigenvalue weighted by molar-refractivity contribution is 6.13. The van der Waals surface area contributed by atoms with Gasteiger partial charge in [0, 0.05) is 51.4 Å². The van der Waals surface area contributed by atoms with Crippen LogP contribution in [0.4, 0.5) is 4.79 Å². The van der Waals surface area contributed by atoms with E-state index in [1.54, 1.807) is 0 Å². The lowest BCUT2D eigenvalue weighted by Gasteiger charge is -2.18. The maximum Gasteiger partial charge on any atom is 0.407 e. The Bertz CT molecular complexity index is 753. The molecule has 11 nitrogen and oxygen atoms in total. The van der Waals surface area contributed by atoms with E-state index in [2.05, 4.69) is 22.8 Å². The van der Waals surface area contributed by atoms with E-state index in [4.69, 9.17) is 18.9 Å². The number of carbonyl (C=O) groups excluding carboxylic acids is 4. The van der Waals surface area contributed by atoms with Crippen LogP contribution in [0.2, 0.25) is 0 Å². The zero-order chi connectivity index (χ0) is 26.6. The van der Waals surface area contributed by atoms with Crippen molar-refractivity contribution >= 4 is 23.8 Å². The number of nitrogens with zero attached hydrogens (tertiary/aromatic N) is 1. The van der Waals surface area contributed by atoms with Gasteiger partial charge in [-0.3, -0.25) is 19.3 Å². The number of nitrogens with one attached hydrogen (secondary N) is 2. The van der Waals surface area contributed by atoms with Gasteiger partial charge in [0.2, 0.25) is 5.91 Å². The minimum Gasteiger partial charge on any atom is -0.446 e. The van der Waals surface area contributed by atoms with Gasteiger partial charge in [0.1, 0.15) is 6.10 Å². The monoisotopic (exact) mass is 523 g/mol. The molecule has 0 aromatic heterocycles. The Hall–Kier alpha value is -2.76. The second-order valence-electron chi connectivity index (χ2n) is 8.74. The Morgan fingerprint density at radius 1 is 0.811 bits per heavy atom. The molecule has 0 saturated carbocycles. The Labute approximate surface area is 218 Å². The number of imide groups is 1. The van der Waals surface area contributed by atoms with Crippen molar-refractivity contribution in [2.45, 2.75) is 57.5 Å². The van der Waals surface area contributed by atoms with E-state index in [1.807, 2.05) is 0 Å². The fourth-order valence-corrected chi connectivity index (χ4v) is 3.70. The Morgan fingerprint density at radius 2 is 1.41 bits per heavy atom. The average molecular weight is 524 g/mol. The van der Waals surface area contributed by atoms with Crippen LogP contribution in [0.1, 0.15) is 51.4 Å². The Morgan fingerprint density at radius 3 is 2.08 bits per heavy atom. The third kappa shape index (κ3) is 14.5. The molecule has 0 aromatic rings. The van der Waals surface area contributed by atoms with Gasteiger partial charge < -0.3 is 29.6 Å². The molecule has 0 spiro atoms. The number of amides is 4. The summed E-state index contributed by atoms with van der Waals surface area (Å²) >= 11 is 0. The minimum absolute atomic E-state index is 0.00104. The number of allylic oxidation sites excluding steroid dienone is 2. The molecule has 0 fully saturated rings. The molecule has 4 amide bonds. The molecule has 208 valence electrons. The first-order chi connectivity index (χ1) is 18.1. The van der Waals surface area contributed by atoms with E-state index in [1.165, 1.54) is 12.2 Å². The number of rotatable bonds is 18. The molecule has 1 aliphatic heterocycles. The molecule has 37 heavy (non-hydrogen) atoms. The van der Waals surface area contributed by atoms with Crippen LogP contribution >= 0.6 is 0 Å². The van der Waals surface area contributed by atoms with Gasteiger partial charge in [-0.15, -0.1) is 0 Å². The van der Waals surface area contributed by atoms with Crippen molar-refractivity contribution in [3.05, 3.63) is 24.3 Å². The van der Waals surface area contributed by atoms with Crippen molar-refractivity contribution in [2.75, 3.05) is 59.3 Å². The predicted octanol–water partition coefficient (Wildman–Crippen LogP) is 1.86. The van der Waals surface area contributed by atoms with E-state index in [0.717, 1.165) is 37.0 Å². The summed E-state index contributed by atoms with van der Waals surface area (Å²) in [6.07, 6.45) is 12.7. The Kier molecular flexibility index (Phi) is 15.9. The van der Waals surface area contributed by atoms with Gasteiger partial charge >= 0.3 is 6.09 Å². The molecule has 1 heterocycles. The highest BCUT2D eigenvalue weighted by Gasteiger charge is 2.23. The fourth-order valence-electron chi connectivity index (χ4n) is 3.70. The van der Waals surface area contributed by atoms with Gasteiger partial charge in [-0.05, 0) is 44.9 Å². The van der Waals surface area contributed by atoms with Crippen LogP contribution in [0.3, 0.4) is 0 Å². The molecule has 2 N–H and O–H groups in total. The van der Waals surface area contributed by atoms with E-state index < -0.39 is 0 Å². The van der Waals surface area contributed by atoms with Crippen LogP contribution in [0, 0.1) is 0 Å². The van der Waals surface area contributed by atoms with Crippen LogP contribution in [0.15, 0.2) is 24.3 Å². The number of alkyl carbamates (subject to hydrolysis) is 1. The van der Waals surface area contributed by atoms with E-state index in [0.29, 0.717) is 65.6 Å². The van der Waals surface area contributed by atoms with Crippen molar-refractivity contribution in [2.24, 2.45) is 0 Å². The van der Waals surface area contributed by atoms with Gasteiger partial charge in [0.25, 0.3) is 11.8 Å². The van der Waals surface area contributed by atoms with Crippen LogP contribution in [-0.2, 0) is 33.3 Å². The maximum absolute atomic E-state index is 11.9. The summed E-state index contributed by atoms with van der Waals surface area (Å²) in [4.78, 5) is 47.5. The second-order valence-corrected chi connectivity index (χ2v) is 8.74. The molecule has 1 aliphatic carbocycles. The lowest BCUT2D eigenvalue weighted by molar-refractivity contribution is -0.137. The summed E-state index contributed by atoms with van der Waals surface area (Å²) in [5.41, 5.74) is 0. The van der Waals surface area contributed by atoms with Gasteiger partial charge in [-0.2, -0.15) is 0 Å². The summed E-state index contributed by atoms with van der Waals surface area (Å²) in [5.74, 6) is -0.982. The molecule has 0 saturated heterocycles. The first-order valence-corrected chi connectivity index (χ1v) is 13.2. The topological polar surface area (TPSA) is 132 Å². The molecule has 2 rings (SSSR count). The van der Waals surface area contributed by atoms with Crippen LogP contribution in [0.25, 0.3) is 0 Å². The lowest BCUT2D eigenvalue weighted by atomic mass is 10.0. The van der Waals surface area contributed by atoms with Crippen LogP contribution < -0.4 is 10.6 Å². The van der Waals surface area contributed by atoms with E-state index >= 15 is 0 Å². The van der Waals surface area contributed by atoms with Crippen molar-refractivity contribution < 1.29 is 38.1 Å². The van der Waals surface area contributed by atoms with Gasteiger partial charge in [0.05, 0.1) is 26.4 Å². The van der Waals surface area contributed by atoms with Crippen LogP contribution in [-0.4, -0.2) is 94.1 Å². The summed E-state index contributed by atoms with van der Waals surface area (Å²) in [6.45, 7) is 3.89. The molecule has 2 aliphatic rings. The van der Waals surface area contributed by atoms with Crippen molar-refractivity contribution in [1.82, 2.24) is 15.5 Å². The highest BCUT2D eigenvalue weighted by atomic mass is 16.6. The molecule has 11 heteroatoms. The maximum atomic E-state index is 11.9. The van der Waals surface area contributed by atoms with Crippen molar-refractivity contribution in [3.63, 3.8) is 0 Å². The molecular formula is C26H41N3O8. The molecule has 1 atom stereocenters. The number of carbonyl (C=O) groups is 4. The van der Waals surface area contributed by atoms with Crippen molar-refractivity contribution in [1.29, 1.82) is 0 Å². The minimum atomic E-state index is -0.385. The molecule has 0 bridgehead atoms. The van der Waals surface area contributed by atoms with Gasteiger partial charge in [-0.1, -0.05) is 12.2 Å². The van der Waals surface area contributed by atoms with Crippen LogP contribution in [0.5, 0.6) is 0 Å². The second kappa shape index (κ2) is 19.4. The lowest BCUT2D eigenvalue weighted by Crippen LogP contribution is -2.35. The third-order valence-corrected chi connectivity index (χ3v) is 5.72. The van der Waals surface area contributed by atoms with Crippen molar-refractivity contribution in [3.8, 4) is 0 Å².